The minimum absolute atomic E-state index is 0.0602. The Balaban J connectivity index is 1.94. The Hall–Kier alpha value is -1.79. The average molecular weight is 375 g/mol. The zero-order chi connectivity index (χ0) is 15.3. The van der Waals surface area contributed by atoms with Crippen molar-refractivity contribution in [3.63, 3.8) is 0 Å². The van der Waals surface area contributed by atoms with Gasteiger partial charge in [-0.05, 0) is 24.3 Å². The fourth-order valence-corrected chi connectivity index (χ4v) is 4.69. The van der Waals surface area contributed by atoms with Gasteiger partial charge >= 0.3 is 0 Å². The second kappa shape index (κ2) is 4.86. The molecule has 110 valence electrons. The maximum absolute atomic E-state index is 12.7. The zero-order valence-corrected chi connectivity index (χ0v) is 13.8. The third kappa shape index (κ3) is 1.77. The van der Waals surface area contributed by atoms with Crippen molar-refractivity contribution in [2.24, 2.45) is 0 Å². The Morgan fingerprint density at radius 2 is 1.95 bits per heavy atom. The molecule has 0 unspecified atom stereocenters. The smallest absolute Gasteiger partial charge is 0.266 e. The maximum Gasteiger partial charge on any atom is 0.266 e. The first-order valence-electron chi connectivity index (χ1n) is 6.76. The van der Waals surface area contributed by atoms with Crippen LogP contribution in [0.15, 0.2) is 53.0 Å². The molecule has 2 aliphatic heterocycles. The Labute approximate surface area is 140 Å². The molecule has 4 rings (SSSR count). The molecule has 0 saturated carbocycles. The zero-order valence-electron chi connectivity index (χ0n) is 11.4. The number of thioether (sulfide) groups is 1. The van der Waals surface area contributed by atoms with Crippen LogP contribution in [0, 0.1) is 0 Å². The second-order valence-electron chi connectivity index (χ2n) is 5.14. The van der Waals surface area contributed by atoms with E-state index in [4.69, 9.17) is 0 Å². The molecule has 0 aromatic heterocycles. The van der Waals surface area contributed by atoms with E-state index in [0.29, 0.717) is 0 Å². The summed E-state index contributed by atoms with van der Waals surface area (Å²) in [5, 5.41) is 2.90. The number of para-hydroxylation sites is 1. The lowest BCUT2D eigenvalue weighted by Gasteiger charge is -2.32. The van der Waals surface area contributed by atoms with Gasteiger partial charge in [0, 0.05) is 21.4 Å². The summed E-state index contributed by atoms with van der Waals surface area (Å²) in [6.07, 6.45) is 0. The van der Waals surface area contributed by atoms with Crippen LogP contribution in [0.3, 0.4) is 0 Å². The van der Waals surface area contributed by atoms with Gasteiger partial charge in [-0.1, -0.05) is 40.2 Å². The SMILES string of the molecule is O=C1CS[C@@]2(C(=O)Nc3ccccc32)N1c1cccc(Br)c1. The molecule has 4 nitrogen and oxygen atoms in total. The highest BCUT2D eigenvalue weighted by molar-refractivity contribution is 9.10. The van der Waals surface area contributed by atoms with Gasteiger partial charge in [0.1, 0.15) is 0 Å². The van der Waals surface area contributed by atoms with E-state index in [1.54, 1.807) is 4.90 Å². The highest BCUT2D eigenvalue weighted by atomic mass is 79.9. The summed E-state index contributed by atoms with van der Waals surface area (Å²) in [6, 6.07) is 15.0. The summed E-state index contributed by atoms with van der Waals surface area (Å²) in [5.74, 6) is 0.0633. The van der Waals surface area contributed by atoms with Crippen LogP contribution in [0.2, 0.25) is 0 Å². The van der Waals surface area contributed by atoms with Crippen LogP contribution >= 0.6 is 27.7 Å². The molecule has 6 heteroatoms. The fraction of sp³-hybridized carbons (Fsp3) is 0.125. The van der Waals surface area contributed by atoms with Gasteiger partial charge in [0.2, 0.25) is 10.8 Å². The lowest BCUT2D eigenvalue weighted by molar-refractivity contribution is -0.122. The van der Waals surface area contributed by atoms with E-state index in [0.717, 1.165) is 21.4 Å². The number of nitrogens with one attached hydrogen (secondary N) is 1. The number of benzene rings is 2. The number of carbonyl (C=O) groups is 2. The number of fused-ring (bicyclic) bond motifs is 2. The largest absolute Gasteiger partial charge is 0.323 e. The van der Waals surface area contributed by atoms with Crippen LogP contribution in [-0.2, 0) is 14.5 Å². The molecule has 2 heterocycles. The topological polar surface area (TPSA) is 49.4 Å². The molecule has 2 amide bonds. The third-order valence-electron chi connectivity index (χ3n) is 3.88. The van der Waals surface area contributed by atoms with Crippen LogP contribution in [0.25, 0.3) is 0 Å². The van der Waals surface area contributed by atoms with Gasteiger partial charge in [-0.2, -0.15) is 0 Å². The minimum Gasteiger partial charge on any atom is -0.323 e. The van der Waals surface area contributed by atoms with Crippen molar-refractivity contribution in [1.82, 2.24) is 0 Å². The summed E-state index contributed by atoms with van der Waals surface area (Å²) in [4.78, 5) is 25.9. The van der Waals surface area contributed by atoms with Gasteiger partial charge in [-0.25, -0.2) is 0 Å². The fourth-order valence-electron chi connectivity index (χ4n) is 2.99. The second-order valence-corrected chi connectivity index (χ2v) is 7.23. The number of hydrogen-bond donors (Lipinski definition) is 1. The molecule has 0 bridgehead atoms. The monoisotopic (exact) mass is 374 g/mol. The highest BCUT2D eigenvalue weighted by Gasteiger charge is 2.58. The molecule has 0 radical (unpaired) electrons. The predicted octanol–water partition coefficient (Wildman–Crippen LogP) is 3.33. The molecular formula is C16H11BrN2O2S. The lowest BCUT2D eigenvalue weighted by Crippen LogP contribution is -2.47. The van der Waals surface area contributed by atoms with E-state index in [-0.39, 0.29) is 17.6 Å². The van der Waals surface area contributed by atoms with E-state index in [1.165, 1.54) is 11.8 Å². The predicted molar refractivity (Wildman–Crippen MR) is 90.8 cm³/mol. The van der Waals surface area contributed by atoms with E-state index >= 15 is 0 Å². The summed E-state index contributed by atoms with van der Waals surface area (Å²) in [7, 11) is 0. The Morgan fingerprint density at radius 1 is 1.14 bits per heavy atom. The molecule has 2 aromatic rings. The quantitative estimate of drug-likeness (QED) is 0.832. The van der Waals surface area contributed by atoms with E-state index in [1.807, 2.05) is 48.5 Å². The molecule has 1 atom stereocenters. The van der Waals surface area contributed by atoms with Crippen molar-refractivity contribution in [3.8, 4) is 0 Å². The maximum atomic E-state index is 12.7. The van der Waals surface area contributed by atoms with E-state index in [2.05, 4.69) is 21.2 Å². The highest BCUT2D eigenvalue weighted by Crippen LogP contribution is 2.53. The summed E-state index contributed by atoms with van der Waals surface area (Å²) >= 11 is 4.80. The number of carbonyl (C=O) groups excluding carboxylic acids is 2. The molecule has 1 saturated heterocycles. The molecule has 1 N–H and O–H groups in total. The summed E-state index contributed by atoms with van der Waals surface area (Å²) < 4.78 is 0.872. The first kappa shape index (κ1) is 13.8. The van der Waals surface area contributed by atoms with Gasteiger partial charge in [0.15, 0.2) is 0 Å². The van der Waals surface area contributed by atoms with Crippen LogP contribution in [0.1, 0.15) is 5.56 Å². The van der Waals surface area contributed by atoms with Crippen molar-refractivity contribution in [2.75, 3.05) is 16.0 Å². The van der Waals surface area contributed by atoms with Crippen LogP contribution in [-0.4, -0.2) is 17.6 Å². The Morgan fingerprint density at radius 3 is 2.77 bits per heavy atom. The number of amides is 2. The Kier molecular flexibility index (Phi) is 3.06. The van der Waals surface area contributed by atoms with Crippen LogP contribution in [0.4, 0.5) is 11.4 Å². The van der Waals surface area contributed by atoms with E-state index in [9.17, 15) is 9.59 Å². The first-order chi connectivity index (χ1) is 10.6. The van der Waals surface area contributed by atoms with E-state index < -0.39 is 4.87 Å². The normalized spacial score (nSPS) is 23.0. The van der Waals surface area contributed by atoms with Crippen LogP contribution in [0.5, 0.6) is 0 Å². The average Bonchev–Trinajstić information content (AvgIpc) is 2.99. The minimum atomic E-state index is -1.01. The molecule has 0 aliphatic carbocycles. The number of nitrogens with zero attached hydrogens (tertiary/aromatic N) is 1. The van der Waals surface area contributed by atoms with Gasteiger partial charge < -0.3 is 5.32 Å². The number of rotatable bonds is 1. The molecular weight excluding hydrogens is 364 g/mol. The summed E-state index contributed by atoms with van der Waals surface area (Å²) in [5.41, 5.74) is 2.33. The molecule has 22 heavy (non-hydrogen) atoms. The van der Waals surface area contributed by atoms with Crippen molar-refractivity contribution in [2.45, 2.75) is 4.87 Å². The summed E-state index contributed by atoms with van der Waals surface area (Å²) in [6.45, 7) is 0. The molecule has 1 spiro atoms. The van der Waals surface area contributed by atoms with Crippen molar-refractivity contribution >= 4 is 50.9 Å². The van der Waals surface area contributed by atoms with Crippen molar-refractivity contribution < 1.29 is 9.59 Å². The number of anilines is 2. The first-order valence-corrected chi connectivity index (χ1v) is 8.54. The molecule has 2 aromatic carbocycles. The van der Waals surface area contributed by atoms with Crippen LogP contribution < -0.4 is 10.2 Å². The van der Waals surface area contributed by atoms with Crippen molar-refractivity contribution in [3.05, 3.63) is 58.6 Å². The van der Waals surface area contributed by atoms with Crippen molar-refractivity contribution in [1.29, 1.82) is 0 Å². The molecule has 1 fully saturated rings. The number of halogens is 1. The van der Waals surface area contributed by atoms with Gasteiger partial charge in [0.05, 0.1) is 5.75 Å². The molecule has 2 aliphatic rings. The van der Waals surface area contributed by atoms with Gasteiger partial charge in [0.25, 0.3) is 5.91 Å². The van der Waals surface area contributed by atoms with Gasteiger partial charge in [-0.15, -0.1) is 11.8 Å². The Bertz CT molecular complexity index is 810. The number of hydrogen-bond acceptors (Lipinski definition) is 3. The lowest BCUT2D eigenvalue weighted by atomic mass is 10.0. The standard InChI is InChI=1S/C16H11BrN2O2S/c17-10-4-3-5-11(8-10)19-14(20)9-22-16(19)12-6-1-2-7-13(12)18-15(16)21/h1-8H,9H2,(H,18,21)/t16-/m0/s1. The van der Waals surface area contributed by atoms with Gasteiger partial charge in [-0.3, -0.25) is 14.5 Å². The third-order valence-corrected chi connectivity index (χ3v) is 5.77.